The fourth-order valence-electron chi connectivity index (χ4n) is 3.35. The number of piperidine rings is 1. The zero-order valence-electron chi connectivity index (χ0n) is 15.3. The zero-order chi connectivity index (χ0) is 19.2. The third-order valence-electron chi connectivity index (χ3n) is 4.75. The van der Waals surface area contributed by atoms with Gasteiger partial charge in [-0.05, 0) is 55.3 Å². The number of hydrogen-bond donors (Lipinski definition) is 1. The summed E-state index contributed by atoms with van der Waals surface area (Å²) in [6.07, 6.45) is 1.75. The number of ether oxygens (including phenoxy) is 1. The van der Waals surface area contributed by atoms with Crippen LogP contribution in [0.4, 0.5) is 10.1 Å². The van der Waals surface area contributed by atoms with Gasteiger partial charge in [0, 0.05) is 18.8 Å². The van der Waals surface area contributed by atoms with Crippen molar-refractivity contribution in [1.82, 2.24) is 4.90 Å². The normalized spacial score (nSPS) is 17.3. The van der Waals surface area contributed by atoms with Crippen molar-refractivity contribution in [2.45, 2.75) is 19.4 Å². The Balaban J connectivity index is 1.59. The van der Waals surface area contributed by atoms with E-state index in [0.29, 0.717) is 24.3 Å². The summed E-state index contributed by atoms with van der Waals surface area (Å²) in [4.78, 5) is 26.5. The Morgan fingerprint density at radius 1 is 1.22 bits per heavy atom. The lowest BCUT2D eigenvalue weighted by Gasteiger charge is -2.32. The predicted octanol–water partition coefficient (Wildman–Crippen LogP) is 3.46. The number of benzene rings is 2. The van der Waals surface area contributed by atoms with Gasteiger partial charge in [-0.1, -0.05) is 18.2 Å². The van der Waals surface area contributed by atoms with Gasteiger partial charge in [-0.15, -0.1) is 0 Å². The van der Waals surface area contributed by atoms with Crippen LogP contribution < -0.4 is 5.32 Å². The van der Waals surface area contributed by atoms with Gasteiger partial charge in [0.05, 0.1) is 18.6 Å². The van der Waals surface area contributed by atoms with E-state index in [9.17, 15) is 14.0 Å². The quantitative estimate of drug-likeness (QED) is 0.819. The zero-order valence-corrected chi connectivity index (χ0v) is 15.3. The molecule has 1 aliphatic rings. The molecule has 5 nitrogen and oxygen atoms in total. The Kier molecular flexibility index (Phi) is 6.19. The second-order valence-corrected chi connectivity index (χ2v) is 6.76. The van der Waals surface area contributed by atoms with E-state index >= 15 is 0 Å². The largest absolute Gasteiger partial charge is 0.465 e. The molecule has 6 heteroatoms. The minimum Gasteiger partial charge on any atom is -0.465 e. The molecule has 1 N–H and O–H groups in total. The van der Waals surface area contributed by atoms with Crippen molar-refractivity contribution >= 4 is 17.6 Å². The number of rotatable bonds is 5. The van der Waals surface area contributed by atoms with Crippen molar-refractivity contribution in [3.8, 4) is 0 Å². The number of esters is 1. The highest BCUT2D eigenvalue weighted by molar-refractivity contribution is 5.95. The van der Waals surface area contributed by atoms with Gasteiger partial charge in [0.25, 0.3) is 0 Å². The number of anilines is 1. The molecule has 2 aromatic rings. The first-order valence-electron chi connectivity index (χ1n) is 9.01. The molecule has 0 aromatic heterocycles. The molecule has 0 spiro atoms. The van der Waals surface area contributed by atoms with Crippen LogP contribution in [0.25, 0.3) is 0 Å². The molecule has 1 unspecified atom stereocenters. The van der Waals surface area contributed by atoms with Gasteiger partial charge in [0.15, 0.2) is 0 Å². The molecule has 3 rings (SSSR count). The Morgan fingerprint density at radius 2 is 2.00 bits per heavy atom. The number of carbonyl (C=O) groups is 2. The van der Waals surface area contributed by atoms with E-state index in [2.05, 4.69) is 10.2 Å². The molecule has 1 amide bonds. The van der Waals surface area contributed by atoms with Crippen LogP contribution >= 0.6 is 0 Å². The summed E-state index contributed by atoms with van der Waals surface area (Å²) in [5.41, 5.74) is 2.01. The van der Waals surface area contributed by atoms with Crippen LogP contribution in [0.5, 0.6) is 0 Å². The molecule has 0 bridgehead atoms. The first kappa shape index (κ1) is 19.0. The Labute approximate surface area is 158 Å². The van der Waals surface area contributed by atoms with Gasteiger partial charge >= 0.3 is 5.97 Å². The molecule has 2 aromatic carbocycles. The van der Waals surface area contributed by atoms with Crippen molar-refractivity contribution in [2.24, 2.45) is 5.92 Å². The summed E-state index contributed by atoms with van der Waals surface area (Å²) >= 11 is 0. The third-order valence-corrected chi connectivity index (χ3v) is 4.75. The molecule has 27 heavy (non-hydrogen) atoms. The van der Waals surface area contributed by atoms with Crippen LogP contribution in [0.15, 0.2) is 48.5 Å². The lowest BCUT2D eigenvalue weighted by atomic mass is 9.96. The fraction of sp³-hybridized carbons (Fsp3) is 0.333. The highest BCUT2D eigenvalue weighted by Crippen LogP contribution is 2.21. The topological polar surface area (TPSA) is 58.6 Å². The minimum atomic E-state index is -0.436. The van der Waals surface area contributed by atoms with Gasteiger partial charge in [-0.3, -0.25) is 9.69 Å². The van der Waals surface area contributed by atoms with Crippen LogP contribution in [0, 0.1) is 11.7 Å². The number of nitrogens with zero attached hydrogens (tertiary/aromatic N) is 1. The summed E-state index contributed by atoms with van der Waals surface area (Å²) in [5, 5.41) is 2.90. The number of hydrogen-bond acceptors (Lipinski definition) is 4. The van der Waals surface area contributed by atoms with E-state index in [1.807, 2.05) is 0 Å². The molecule has 0 radical (unpaired) electrons. The summed E-state index contributed by atoms with van der Waals surface area (Å²) < 4.78 is 17.8. The molecule has 1 fully saturated rings. The number of likely N-dealkylation sites (tertiary alicyclic amines) is 1. The van der Waals surface area contributed by atoms with E-state index in [4.69, 9.17) is 4.74 Å². The molecular weight excluding hydrogens is 347 g/mol. The lowest BCUT2D eigenvalue weighted by molar-refractivity contribution is -0.121. The second kappa shape index (κ2) is 8.77. The Bertz CT molecular complexity index is 807. The maximum atomic E-state index is 13.0. The highest BCUT2D eigenvalue weighted by Gasteiger charge is 2.26. The van der Waals surface area contributed by atoms with Crippen LogP contribution in [-0.2, 0) is 16.1 Å². The summed E-state index contributed by atoms with van der Waals surface area (Å²) in [6.45, 7) is 2.26. The third kappa shape index (κ3) is 5.14. The number of methoxy groups -OCH3 is 1. The summed E-state index contributed by atoms with van der Waals surface area (Å²) in [7, 11) is 1.32. The minimum absolute atomic E-state index is 0.0548. The summed E-state index contributed by atoms with van der Waals surface area (Å²) in [6, 6.07) is 13.2. The predicted molar refractivity (Wildman–Crippen MR) is 101 cm³/mol. The molecule has 142 valence electrons. The van der Waals surface area contributed by atoms with E-state index < -0.39 is 5.97 Å². The van der Waals surface area contributed by atoms with Gasteiger partial charge in [-0.2, -0.15) is 0 Å². The Hall–Kier alpha value is -2.73. The van der Waals surface area contributed by atoms with Crippen molar-refractivity contribution in [2.75, 3.05) is 25.5 Å². The molecule has 0 saturated carbocycles. The first-order valence-corrected chi connectivity index (χ1v) is 9.01. The van der Waals surface area contributed by atoms with Crippen LogP contribution in [-0.4, -0.2) is 37.0 Å². The van der Waals surface area contributed by atoms with Crippen molar-refractivity contribution < 1.29 is 18.7 Å². The van der Waals surface area contributed by atoms with Crippen molar-refractivity contribution in [3.63, 3.8) is 0 Å². The SMILES string of the molecule is COC(=O)c1cccc(NC(=O)C2CCCN(Cc3ccc(F)cc3)C2)c1. The van der Waals surface area contributed by atoms with Gasteiger partial charge < -0.3 is 10.1 Å². The molecular formula is C21H23FN2O3. The molecule has 0 aliphatic carbocycles. The Morgan fingerprint density at radius 3 is 2.74 bits per heavy atom. The fourth-order valence-corrected chi connectivity index (χ4v) is 3.35. The molecule has 1 saturated heterocycles. The first-order chi connectivity index (χ1) is 13.0. The molecule has 1 heterocycles. The van der Waals surface area contributed by atoms with Crippen molar-refractivity contribution in [1.29, 1.82) is 0 Å². The van der Waals surface area contributed by atoms with Crippen LogP contribution in [0.2, 0.25) is 0 Å². The monoisotopic (exact) mass is 370 g/mol. The van der Waals surface area contributed by atoms with Gasteiger partial charge in [0.1, 0.15) is 5.82 Å². The van der Waals surface area contributed by atoms with E-state index in [1.165, 1.54) is 19.2 Å². The van der Waals surface area contributed by atoms with E-state index in [1.54, 1.807) is 36.4 Å². The smallest absolute Gasteiger partial charge is 0.337 e. The second-order valence-electron chi connectivity index (χ2n) is 6.76. The lowest BCUT2D eigenvalue weighted by Crippen LogP contribution is -2.40. The number of halogens is 1. The van der Waals surface area contributed by atoms with E-state index in [-0.39, 0.29) is 17.6 Å². The average molecular weight is 370 g/mol. The number of amides is 1. The van der Waals surface area contributed by atoms with Crippen LogP contribution in [0.3, 0.4) is 0 Å². The highest BCUT2D eigenvalue weighted by atomic mass is 19.1. The maximum Gasteiger partial charge on any atom is 0.337 e. The van der Waals surface area contributed by atoms with Crippen molar-refractivity contribution in [3.05, 3.63) is 65.5 Å². The number of carbonyl (C=O) groups excluding carboxylic acids is 2. The van der Waals surface area contributed by atoms with Crippen LogP contribution in [0.1, 0.15) is 28.8 Å². The molecule has 1 atom stereocenters. The van der Waals surface area contributed by atoms with E-state index in [0.717, 1.165) is 24.9 Å². The maximum absolute atomic E-state index is 13.0. The van der Waals surface area contributed by atoms with Gasteiger partial charge in [-0.25, -0.2) is 9.18 Å². The molecule has 1 aliphatic heterocycles. The number of nitrogens with one attached hydrogen (secondary N) is 1. The standard InChI is InChI=1S/C21H23FN2O3/c1-27-21(26)16-4-2-6-19(12-16)23-20(25)17-5-3-11-24(14-17)13-15-7-9-18(22)10-8-15/h2,4,6-10,12,17H,3,5,11,13-14H2,1H3,(H,23,25). The van der Waals surface area contributed by atoms with Gasteiger partial charge in [0.2, 0.25) is 5.91 Å². The average Bonchev–Trinajstić information content (AvgIpc) is 2.69. The summed E-state index contributed by atoms with van der Waals surface area (Å²) in [5.74, 6) is -0.861.